The first-order valence-corrected chi connectivity index (χ1v) is 9.32. The molecule has 6 nitrogen and oxygen atoms in total. The van der Waals surface area contributed by atoms with E-state index in [1.165, 1.54) is 6.26 Å². The summed E-state index contributed by atoms with van der Waals surface area (Å²) in [6.07, 6.45) is 2.85. The van der Waals surface area contributed by atoms with Gasteiger partial charge in [-0.05, 0) is 49.6 Å². The number of aryl methyl sites for hydroxylation is 1. The number of rotatable bonds is 6. The van der Waals surface area contributed by atoms with Gasteiger partial charge < -0.3 is 19.0 Å². The number of benzene rings is 1. The van der Waals surface area contributed by atoms with Crippen molar-refractivity contribution in [2.75, 3.05) is 33.3 Å². The van der Waals surface area contributed by atoms with Crippen molar-refractivity contribution in [3.63, 3.8) is 0 Å². The lowest BCUT2D eigenvalue weighted by molar-refractivity contribution is -0.135. The van der Waals surface area contributed by atoms with Gasteiger partial charge in [-0.15, -0.1) is 0 Å². The molecule has 2 aromatic rings. The Bertz CT molecular complexity index is 764. The maximum Gasteiger partial charge on any atom is 0.289 e. The maximum absolute atomic E-state index is 12.6. The molecule has 1 aliphatic rings. The first-order chi connectivity index (χ1) is 13.0. The molecule has 1 aromatic heterocycles. The molecular weight excluding hydrogens is 344 g/mol. The van der Waals surface area contributed by atoms with Crippen LogP contribution in [0, 0.1) is 12.8 Å². The SMILES string of the molecule is Cc1cccc(OCCN(C)C(=O)C2CCN(C(=O)c3ccco3)CC2)c1. The van der Waals surface area contributed by atoms with Gasteiger partial charge in [0.2, 0.25) is 5.91 Å². The number of furan rings is 1. The van der Waals surface area contributed by atoms with Gasteiger partial charge in [-0.25, -0.2) is 0 Å². The third kappa shape index (κ3) is 4.90. The fraction of sp³-hybridized carbons (Fsp3) is 0.429. The summed E-state index contributed by atoms with van der Waals surface area (Å²) in [7, 11) is 1.81. The molecule has 144 valence electrons. The second-order valence-electron chi connectivity index (χ2n) is 6.97. The first kappa shape index (κ1) is 19.0. The molecule has 0 N–H and O–H groups in total. The van der Waals surface area contributed by atoms with Gasteiger partial charge in [-0.2, -0.15) is 0 Å². The molecule has 27 heavy (non-hydrogen) atoms. The molecule has 1 aromatic carbocycles. The minimum absolute atomic E-state index is 0.0466. The summed E-state index contributed by atoms with van der Waals surface area (Å²) in [5.74, 6) is 1.14. The molecule has 0 aliphatic carbocycles. The topological polar surface area (TPSA) is 63.0 Å². The Kier molecular flexibility index (Phi) is 6.16. The molecule has 3 rings (SSSR count). The summed E-state index contributed by atoms with van der Waals surface area (Å²) >= 11 is 0. The van der Waals surface area contributed by atoms with Crippen LogP contribution >= 0.6 is 0 Å². The van der Waals surface area contributed by atoms with Gasteiger partial charge in [0.05, 0.1) is 12.8 Å². The standard InChI is InChI=1S/C21H26N2O4/c1-16-5-3-6-18(15-16)26-14-12-22(2)20(24)17-8-10-23(11-9-17)21(25)19-7-4-13-27-19/h3-7,13,15,17H,8-12,14H2,1-2H3. The van der Waals surface area contributed by atoms with E-state index < -0.39 is 0 Å². The van der Waals surface area contributed by atoms with Gasteiger partial charge in [0.15, 0.2) is 5.76 Å². The van der Waals surface area contributed by atoms with Crippen molar-refractivity contribution in [1.82, 2.24) is 9.80 Å². The van der Waals surface area contributed by atoms with Crippen LogP contribution in [0.15, 0.2) is 47.1 Å². The van der Waals surface area contributed by atoms with E-state index in [1.54, 1.807) is 21.9 Å². The second kappa shape index (κ2) is 8.75. The summed E-state index contributed by atoms with van der Waals surface area (Å²) in [5, 5.41) is 0. The molecule has 2 heterocycles. The smallest absolute Gasteiger partial charge is 0.289 e. The predicted octanol–water partition coefficient (Wildman–Crippen LogP) is 2.98. The van der Waals surface area contributed by atoms with Crippen molar-refractivity contribution in [2.24, 2.45) is 5.92 Å². The highest BCUT2D eigenvalue weighted by molar-refractivity contribution is 5.91. The van der Waals surface area contributed by atoms with Crippen molar-refractivity contribution in [1.29, 1.82) is 0 Å². The van der Waals surface area contributed by atoms with Crippen molar-refractivity contribution < 1.29 is 18.7 Å². The van der Waals surface area contributed by atoms with Crippen molar-refractivity contribution in [3.8, 4) is 5.75 Å². The Hall–Kier alpha value is -2.76. The molecule has 0 atom stereocenters. The lowest BCUT2D eigenvalue weighted by Gasteiger charge is -2.32. The van der Waals surface area contributed by atoms with Crippen LogP contribution in [0.5, 0.6) is 5.75 Å². The number of carbonyl (C=O) groups is 2. The van der Waals surface area contributed by atoms with E-state index in [0.717, 1.165) is 11.3 Å². The monoisotopic (exact) mass is 370 g/mol. The normalized spacial score (nSPS) is 14.8. The molecule has 6 heteroatoms. The Morgan fingerprint density at radius 3 is 2.67 bits per heavy atom. The minimum Gasteiger partial charge on any atom is -0.492 e. The van der Waals surface area contributed by atoms with Crippen LogP contribution in [0.2, 0.25) is 0 Å². The zero-order chi connectivity index (χ0) is 19.2. The lowest BCUT2D eigenvalue weighted by Crippen LogP contribution is -2.44. The predicted molar refractivity (Wildman–Crippen MR) is 102 cm³/mol. The van der Waals surface area contributed by atoms with Gasteiger partial charge in [0.25, 0.3) is 5.91 Å². The van der Waals surface area contributed by atoms with Crippen LogP contribution < -0.4 is 4.74 Å². The number of ether oxygens (including phenoxy) is 1. The molecule has 2 amide bonds. The van der Waals surface area contributed by atoms with Crippen molar-refractivity contribution in [3.05, 3.63) is 54.0 Å². The van der Waals surface area contributed by atoms with E-state index in [0.29, 0.717) is 44.8 Å². The van der Waals surface area contributed by atoms with Gasteiger partial charge >= 0.3 is 0 Å². The Morgan fingerprint density at radius 1 is 1.22 bits per heavy atom. The Labute approximate surface area is 159 Å². The molecular formula is C21H26N2O4. The van der Waals surface area contributed by atoms with Gasteiger partial charge in [-0.3, -0.25) is 9.59 Å². The number of likely N-dealkylation sites (tertiary alicyclic amines) is 1. The largest absolute Gasteiger partial charge is 0.492 e. The maximum atomic E-state index is 12.6. The highest BCUT2D eigenvalue weighted by atomic mass is 16.5. The molecule has 0 bridgehead atoms. The minimum atomic E-state index is -0.106. The van der Waals surface area contributed by atoms with Gasteiger partial charge in [0, 0.05) is 26.1 Å². The van der Waals surface area contributed by atoms with E-state index in [2.05, 4.69) is 0 Å². The summed E-state index contributed by atoms with van der Waals surface area (Å²) in [6.45, 7) is 4.17. The molecule has 0 spiro atoms. The first-order valence-electron chi connectivity index (χ1n) is 9.32. The van der Waals surface area contributed by atoms with Crippen LogP contribution in [0.1, 0.15) is 29.0 Å². The number of carbonyl (C=O) groups excluding carboxylic acids is 2. The van der Waals surface area contributed by atoms with E-state index >= 15 is 0 Å². The van der Waals surface area contributed by atoms with Crippen LogP contribution in [0.4, 0.5) is 0 Å². The number of amides is 2. The van der Waals surface area contributed by atoms with Gasteiger partial charge in [0.1, 0.15) is 12.4 Å². The number of piperidine rings is 1. The summed E-state index contributed by atoms with van der Waals surface area (Å²) < 4.78 is 10.9. The molecule has 1 saturated heterocycles. The highest BCUT2D eigenvalue weighted by Crippen LogP contribution is 2.21. The fourth-order valence-corrected chi connectivity index (χ4v) is 3.31. The fourth-order valence-electron chi connectivity index (χ4n) is 3.31. The Morgan fingerprint density at radius 2 is 2.00 bits per heavy atom. The molecule has 0 unspecified atom stereocenters. The van der Waals surface area contributed by atoms with Crippen molar-refractivity contribution >= 4 is 11.8 Å². The zero-order valence-electron chi connectivity index (χ0n) is 15.9. The summed E-state index contributed by atoms with van der Waals surface area (Å²) in [5.41, 5.74) is 1.15. The Balaban J connectivity index is 1.42. The zero-order valence-corrected chi connectivity index (χ0v) is 15.9. The molecule has 1 fully saturated rings. The third-order valence-corrected chi connectivity index (χ3v) is 4.92. The number of hydrogen-bond acceptors (Lipinski definition) is 4. The quantitative estimate of drug-likeness (QED) is 0.784. The second-order valence-corrected chi connectivity index (χ2v) is 6.97. The number of hydrogen-bond donors (Lipinski definition) is 0. The van der Waals surface area contributed by atoms with Crippen LogP contribution in [0.25, 0.3) is 0 Å². The number of nitrogens with zero attached hydrogens (tertiary/aromatic N) is 2. The van der Waals surface area contributed by atoms with E-state index in [4.69, 9.17) is 9.15 Å². The van der Waals surface area contributed by atoms with Gasteiger partial charge in [-0.1, -0.05) is 12.1 Å². The van der Waals surface area contributed by atoms with E-state index in [9.17, 15) is 9.59 Å². The van der Waals surface area contributed by atoms with Crippen LogP contribution in [-0.4, -0.2) is 54.9 Å². The molecule has 0 saturated carbocycles. The molecule has 1 aliphatic heterocycles. The summed E-state index contributed by atoms with van der Waals surface area (Å²) in [4.78, 5) is 28.4. The third-order valence-electron chi connectivity index (χ3n) is 4.92. The average Bonchev–Trinajstić information content (AvgIpc) is 3.22. The van der Waals surface area contributed by atoms with E-state index in [1.807, 2.05) is 38.2 Å². The van der Waals surface area contributed by atoms with E-state index in [-0.39, 0.29) is 17.7 Å². The average molecular weight is 370 g/mol. The number of likely N-dealkylation sites (N-methyl/N-ethyl adjacent to an activating group) is 1. The van der Waals surface area contributed by atoms with Crippen molar-refractivity contribution in [2.45, 2.75) is 19.8 Å². The highest BCUT2D eigenvalue weighted by Gasteiger charge is 2.30. The lowest BCUT2D eigenvalue weighted by atomic mass is 9.95. The summed E-state index contributed by atoms with van der Waals surface area (Å²) in [6, 6.07) is 11.2. The molecule has 0 radical (unpaired) electrons. The van der Waals surface area contributed by atoms with Crippen LogP contribution in [-0.2, 0) is 4.79 Å². The van der Waals surface area contributed by atoms with Crippen LogP contribution in [0.3, 0.4) is 0 Å².